The first kappa shape index (κ1) is 16.5. The third-order valence-electron chi connectivity index (χ3n) is 4.66. The Bertz CT molecular complexity index is 754. The van der Waals surface area contributed by atoms with E-state index in [1.807, 2.05) is 37.3 Å². The predicted octanol–water partition coefficient (Wildman–Crippen LogP) is 2.57. The van der Waals surface area contributed by atoms with Crippen LogP contribution >= 0.6 is 0 Å². The van der Waals surface area contributed by atoms with Gasteiger partial charge in [-0.15, -0.1) is 0 Å². The Balaban J connectivity index is 1.69. The van der Waals surface area contributed by atoms with E-state index in [0.717, 1.165) is 22.8 Å². The molecule has 2 atom stereocenters. The van der Waals surface area contributed by atoms with Crippen LogP contribution in [0.25, 0.3) is 10.8 Å². The van der Waals surface area contributed by atoms with Gasteiger partial charge in [-0.05, 0) is 42.6 Å². The Morgan fingerprint density at radius 1 is 1.25 bits per heavy atom. The van der Waals surface area contributed by atoms with Crippen molar-refractivity contribution in [2.75, 3.05) is 13.1 Å². The highest BCUT2D eigenvalue weighted by Crippen LogP contribution is 2.24. The fourth-order valence-electron chi connectivity index (χ4n) is 3.47. The third-order valence-corrected chi connectivity index (χ3v) is 4.66. The van der Waals surface area contributed by atoms with Crippen molar-refractivity contribution in [3.05, 3.63) is 48.0 Å². The Hall–Kier alpha value is -2.40. The molecule has 2 aromatic carbocycles. The fourth-order valence-corrected chi connectivity index (χ4v) is 3.47. The molecule has 24 heavy (non-hydrogen) atoms. The summed E-state index contributed by atoms with van der Waals surface area (Å²) in [7, 11) is 0. The maximum atomic E-state index is 12.3. The highest BCUT2D eigenvalue weighted by atomic mass is 16.4. The minimum absolute atomic E-state index is 0.130. The van der Waals surface area contributed by atoms with Gasteiger partial charge >= 0.3 is 5.97 Å². The zero-order valence-corrected chi connectivity index (χ0v) is 13.7. The number of fused-ring (bicyclic) bond motifs is 1. The summed E-state index contributed by atoms with van der Waals surface area (Å²) >= 11 is 0. The van der Waals surface area contributed by atoms with Crippen LogP contribution in [0, 0.1) is 0 Å². The van der Waals surface area contributed by atoms with Crippen LogP contribution in [0.1, 0.15) is 31.4 Å². The quantitative estimate of drug-likeness (QED) is 0.886. The van der Waals surface area contributed by atoms with E-state index in [1.54, 1.807) is 4.90 Å². The van der Waals surface area contributed by atoms with Crippen LogP contribution in [0.3, 0.4) is 0 Å². The van der Waals surface area contributed by atoms with E-state index in [1.165, 1.54) is 0 Å². The fraction of sp³-hybridized carbons (Fsp3) is 0.368. The topological polar surface area (TPSA) is 69.6 Å². The average molecular weight is 326 g/mol. The molecule has 126 valence electrons. The second-order valence-corrected chi connectivity index (χ2v) is 6.32. The molecule has 0 aliphatic carbocycles. The first-order chi connectivity index (χ1) is 11.6. The molecular weight excluding hydrogens is 304 g/mol. The normalized spacial score (nSPS) is 19.3. The number of likely N-dealkylation sites (tertiary alicyclic amines) is 1. The standard InChI is InChI=1S/C19H22N2O3/c1-13(15-9-4-7-14-6-2-3-8-16(14)15)20-18(22)12-21-11-5-10-17(21)19(23)24/h2-4,6-9,13,17H,5,10-12H2,1H3,(H,20,22)(H,23,24). The summed E-state index contributed by atoms with van der Waals surface area (Å²) in [6, 6.07) is 13.5. The number of carboxylic acid groups (broad SMARTS) is 1. The lowest BCUT2D eigenvalue weighted by atomic mass is 10.00. The zero-order chi connectivity index (χ0) is 17.1. The van der Waals surface area contributed by atoms with Gasteiger partial charge in [0.1, 0.15) is 6.04 Å². The summed E-state index contributed by atoms with van der Waals surface area (Å²) in [6.45, 7) is 2.75. The van der Waals surface area contributed by atoms with Gasteiger partial charge in [0.2, 0.25) is 5.91 Å². The Labute approximate surface area is 141 Å². The molecule has 1 fully saturated rings. The van der Waals surface area contributed by atoms with Gasteiger partial charge in [0.15, 0.2) is 0 Å². The van der Waals surface area contributed by atoms with E-state index < -0.39 is 12.0 Å². The molecule has 1 aliphatic rings. The van der Waals surface area contributed by atoms with E-state index >= 15 is 0 Å². The van der Waals surface area contributed by atoms with Crippen LogP contribution in [0.15, 0.2) is 42.5 Å². The number of nitrogens with one attached hydrogen (secondary N) is 1. The molecule has 1 heterocycles. The molecule has 2 N–H and O–H groups in total. The summed E-state index contributed by atoms with van der Waals surface area (Å²) in [4.78, 5) is 25.3. The maximum Gasteiger partial charge on any atom is 0.320 e. The number of nitrogens with zero attached hydrogens (tertiary/aromatic N) is 1. The van der Waals surface area contributed by atoms with Gasteiger partial charge in [0, 0.05) is 0 Å². The summed E-state index contributed by atoms with van der Waals surface area (Å²) in [5.74, 6) is -0.981. The molecule has 0 spiro atoms. The number of aliphatic carboxylic acids is 1. The second-order valence-electron chi connectivity index (χ2n) is 6.32. The third kappa shape index (κ3) is 3.41. The van der Waals surface area contributed by atoms with Crippen molar-refractivity contribution < 1.29 is 14.7 Å². The summed E-state index contributed by atoms with van der Waals surface area (Å²) in [5, 5.41) is 14.5. The van der Waals surface area contributed by atoms with Gasteiger partial charge in [0.25, 0.3) is 0 Å². The lowest BCUT2D eigenvalue weighted by Crippen LogP contribution is -2.43. The molecule has 2 unspecified atom stereocenters. The van der Waals surface area contributed by atoms with E-state index in [4.69, 9.17) is 0 Å². The van der Waals surface area contributed by atoms with Crippen molar-refractivity contribution in [1.29, 1.82) is 0 Å². The smallest absolute Gasteiger partial charge is 0.320 e. The van der Waals surface area contributed by atoms with Crippen LogP contribution in [-0.2, 0) is 9.59 Å². The van der Waals surface area contributed by atoms with Crippen LogP contribution in [-0.4, -0.2) is 41.0 Å². The Morgan fingerprint density at radius 3 is 2.79 bits per heavy atom. The van der Waals surface area contributed by atoms with E-state index in [2.05, 4.69) is 17.4 Å². The van der Waals surface area contributed by atoms with Gasteiger partial charge < -0.3 is 10.4 Å². The van der Waals surface area contributed by atoms with Crippen LogP contribution < -0.4 is 5.32 Å². The zero-order valence-electron chi connectivity index (χ0n) is 13.7. The Kier molecular flexibility index (Phi) is 4.81. The molecule has 2 aromatic rings. The van der Waals surface area contributed by atoms with E-state index in [9.17, 15) is 14.7 Å². The maximum absolute atomic E-state index is 12.3. The minimum atomic E-state index is -0.845. The summed E-state index contributed by atoms with van der Waals surface area (Å²) < 4.78 is 0. The molecule has 0 saturated carbocycles. The molecule has 1 amide bonds. The van der Waals surface area contributed by atoms with Crippen molar-refractivity contribution in [2.45, 2.75) is 31.8 Å². The van der Waals surface area contributed by atoms with Crippen LogP contribution in [0.4, 0.5) is 0 Å². The van der Waals surface area contributed by atoms with Crippen molar-refractivity contribution in [3.63, 3.8) is 0 Å². The number of carbonyl (C=O) groups is 2. The second kappa shape index (κ2) is 7.01. The number of amides is 1. The van der Waals surface area contributed by atoms with Crippen molar-refractivity contribution in [3.8, 4) is 0 Å². The molecule has 3 rings (SSSR count). The summed E-state index contributed by atoms with van der Waals surface area (Å²) in [5.41, 5.74) is 1.07. The number of rotatable bonds is 5. The molecule has 0 aromatic heterocycles. The first-order valence-electron chi connectivity index (χ1n) is 8.30. The molecular formula is C19H22N2O3. The largest absolute Gasteiger partial charge is 0.480 e. The van der Waals surface area contributed by atoms with Gasteiger partial charge in [-0.3, -0.25) is 14.5 Å². The van der Waals surface area contributed by atoms with Crippen molar-refractivity contribution >= 4 is 22.6 Å². The number of carbonyl (C=O) groups excluding carboxylic acids is 1. The van der Waals surface area contributed by atoms with E-state index in [-0.39, 0.29) is 18.5 Å². The number of carboxylic acids is 1. The van der Waals surface area contributed by atoms with Crippen LogP contribution in [0.5, 0.6) is 0 Å². The molecule has 0 bridgehead atoms. The number of benzene rings is 2. The minimum Gasteiger partial charge on any atom is -0.480 e. The average Bonchev–Trinajstić information content (AvgIpc) is 3.02. The SMILES string of the molecule is CC(NC(=O)CN1CCCC1C(=O)O)c1cccc2ccccc12. The Morgan fingerprint density at radius 2 is 2.00 bits per heavy atom. The lowest BCUT2D eigenvalue weighted by Gasteiger charge is -2.22. The summed E-state index contributed by atoms with van der Waals surface area (Å²) in [6.07, 6.45) is 1.44. The van der Waals surface area contributed by atoms with Crippen molar-refractivity contribution in [1.82, 2.24) is 10.2 Å². The van der Waals surface area contributed by atoms with Gasteiger partial charge in [0.05, 0.1) is 12.6 Å². The lowest BCUT2D eigenvalue weighted by molar-refractivity contribution is -0.142. The highest BCUT2D eigenvalue weighted by molar-refractivity contribution is 5.87. The predicted molar refractivity (Wildman–Crippen MR) is 92.7 cm³/mol. The van der Waals surface area contributed by atoms with Gasteiger partial charge in [-0.25, -0.2) is 0 Å². The van der Waals surface area contributed by atoms with E-state index in [0.29, 0.717) is 13.0 Å². The van der Waals surface area contributed by atoms with Gasteiger partial charge in [-0.1, -0.05) is 42.5 Å². The number of hydrogen-bond donors (Lipinski definition) is 2. The molecule has 5 nitrogen and oxygen atoms in total. The van der Waals surface area contributed by atoms with Crippen molar-refractivity contribution in [2.24, 2.45) is 0 Å². The number of hydrogen-bond acceptors (Lipinski definition) is 3. The molecule has 1 saturated heterocycles. The highest BCUT2D eigenvalue weighted by Gasteiger charge is 2.31. The first-order valence-corrected chi connectivity index (χ1v) is 8.30. The van der Waals surface area contributed by atoms with Gasteiger partial charge in [-0.2, -0.15) is 0 Å². The molecule has 1 aliphatic heterocycles. The monoisotopic (exact) mass is 326 g/mol. The van der Waals surface area contributed by atoms with Crippen LogP contribution in [0.2, 0.25) is 0 Å². The molecule has 0 radical (unpaired) electrons. The molecule has 5 heteroatoms.